The molecule has 0 spiro atoms. The average molecular weight is 300 g/mol. The van der Waals surface area contributed by atoms with Crippen LogP contribution in [0.15, 0.2) is 23.1 Å². The van der Waals surface area contributed by atoms with E-state index < -0.39 is 20.7 Å². The van der Waals surface area contributed by atoms with Crippen LogP contribution in [0, 0.1) is 17.7 Å². The van der Waals surface area contributed by atoms with Crippen molar-refractivity contribution in [2.75, 3.05) is 12.3 Å². The van der Waals surface area contributed by atoms with E-state index in [1.165, 1.54) is 18.6 Å². The van der Waals surface area contributed by atoms with Crippen molar-refractivity contribution in [1.29, 1.82) is 0 Å². The van der Waals surface area contributed by atoms with Crippen molar-refractivity contribution in [1.82, 2.24) is 4.72 Å². The summed E-state index contributed by atoms with van der Waals surface area (Å²) in [5.41, 5.74) is 5.52. The largest absolute Gasteiger partial charge is 0.398 e. The van der Waals surface area contributed by atoms with E-state index in [0.29, 0.717) is 18.4 Å². The van der Waals surface area contributed by atoms with Crippen LogP contribution in [-0.2, 0) is 10.0 Å². The van der Waals surface area contributed by atoms with Crippen LogP contribution in [0.1, 0.15) is 32.6 Å². The molecule has 1 aromatic rings. The third-order valence-electron chi connectivity index (χ3n) is 4.09. The molecule has 6 heteroatoms. The highest BCUT2D eigenvalue weighted by Gasteiger charge is 2.26. The number of nitrogen functional groups attached to an aromatic ring is 1. The number of hydrogen-bond acceptors (Lipinski definition) is 3. The Bertz CT molecular complexity index is 554. The van der Waals surface area contributed by atoms with Gasteiger partial charge in [0.2, 0.25) is 10.0 Å². The Kier molecular flexibility index (Phi) is 4.65. The molecule has 0 aliphatic heterocycles. The molecule has 1 aliphatic rings. The van der Waals surface area contributed by atoms with E-state index >= 15 is 0 Å². The van der Waals surface area contributed by atoms with Gasteiger partial charge < -0.3 is 5.73 Å². The zero-order valence-electron chi connectivity index (χ0n) is 11.6. The smallest absolute Gasteiger partial charge is 0.245 e. The number of nitrogens with one attached hydrogen (secondary N) is 1. The van der Waals surface area contributed by atoms with Crippen LogP contribution < -0.4 is 10.5 Å². The first-order valence-corrected chi connectivity index (χ1v) is 8.44. The van der Waals surface area contributed by atoms with Crippen LogP contribution in [0.25, 0.3) is 0 Å². The third kappa shape index (κ3) is 3.30. The zero-order chi connectivity index (χ0) is 14.8. The van der Waals surface area contributed by atoms with Crippen molar-refractivity contribution in [2.45, 2.75) is 37.5 Å². The summed E-state index contributed by atoms with van der Waals surface area (Å²) < 4.78 is 40.6. The molecular weight excluding hydrogens is 279 g/mol. The monoisotopic (exact) mass is 300 g/mol. The van der Waals surface area contributed by atoms with E-state index in [1.807, 2.05) is 0 Å². The number of hydrogen-bond donors (Lipinski definition) is 2. The quantitative estimate of drug-likeness (QED) is 0.839. The van der Waals surface area contributed by atoms with Gasteiger partial charge in [-0.25, -0.2) is 17.5 Å². The molecular formula is C14H21FN2O2S. The van der Waals surface area contributed by atoms with E-state index in [4.69, 9.17) is 5.73 Å². The summed E-state index contributed by atoms with van der Waals surface area (Å²) in [7, 11) is -3.89. The Balaban J connectivity index is 2.11. The van der Waals surface area contributed by atoms with Crippen LogP contribution in [0.4, 0.5) is 10.1 Å². The van der Waals surface area contributed by atoms with Crippen LogP contribution in [-0.4, -0.2) is 15.0 Å². The predicted octanol–water partition coefficient (Wildman–Crippen LogP) is 2.51. The first kappa shape index (κ1) is 15.3. The lowest BCUT2D eigenvalue weighted by Crippen LogP contribution is -2.34. The molecule has 1 aliphatic carbocycles. The Hall–Kier alpha value is -1.14. The van der Waals surface area contributed by atoms with E-state index in [-0.39, 0.29) is 5.69 Å². The molecule has 0 radical (unpaired) electrons. The zero-order valence-corrected chi connectivity index (χ0v) is 12.4. The summed E-state index contributed by atoms with van der Waals surface area (Å²) in [6, 6.07) is 3.89. The lowest BCUT2D eigenvalue weighted by atomic mass is 9.81. The van der Waals surface area contributed by atoms with Gasteiger partial charge >= 0.3 is 0 Å². The van der Waals surface area contributed by atoms with Gasteiger partial charge in [-0.15, -0.1) is 0 Å². The highest BCUT2D eigenvalue weighted by Crippen LogP contribution is 2.29. The molecule has 0 bridgehead atoms. The molecule has 112 valence electrons. The first-order chi connectivity index (χ1) is 9.42. The molecule has 0 amide bonds. The molecule has 0 heterocycles. The molecule has 0 aromatic heterocycles. The first-order valence-electron chi connectivity index (χ1n) is 6.95. The highest BCUT2D eigenvalue weighted by molar-refractivity contribution is 7.89. The maximum Gasteiger partial charge on any atom is 0.245 e. The number of benzene rings is 1. The van der Waals surface area contributed by atoms with Gasteiger partial charge in [-0.3, -0.25) is 0 Å². The average Bonchev–Trinajstić information content (AvgIpc) is 2.37. The van der Waals surface area contributed by atoms with E-state index in [9.17, 15) is 12.8 Å². The summed E-state index contributed by atoms with van der Waals surface area (Å²) in [6.07, 6.45) is 4.45. The Morgan fingerprint density at radius 2 is 2.05 bits per heavy atom. The summed E-state index contributed by atoms with van der Waals surface area (Å²) in [5.74, 6) is -0.00914. The molecule has 20 heavy (non-hydrogen) atoms. The minimum Gasteiger partial charge on any atom is -0.398 e. The SMILES string of the molecule is CC1CCCCC1CNS(=O)(=O)c1c(N)cccc1F. The van der Waals surface area contributed by atoms with Gasteiger partial charge in [-0.1, -0.05) is 32.3 Å². The predicted molar refractivity (Wildman–Crippen MR) is 77.1 cm³/mol. The number of rotatable bonds is 4. The molecule has 4 nitrogen and oxygen atoms in total. The highest BCUT2D eigenvalue weighted by atomic mass is 32.2. The number of sulfonamides is 1. The van der Waals surface area contributed by atoms with E-state index in [0.717, 1.165) is 25.3 Å². The van der Waals surface area contributed by atoms with Crippen LogP contribution in [0.5, 0.6) is 0 Å². The Labute approximate surface area is 119 Å². The minimum absolute atomic E-state index is 0.0609. The fraction of sp³-hybridized carbons (Fsp3) is 0.571. The lowest BCUT2D eigenvalue weighted by Gasteiger charge is -2.28. The summed E-state index contributed by atoms with van der Waals surface area (Å²) in [5, 5.41) is 0. The second-order valence-corrected chi connectivity index (χ2v) is 7.24. The molecule has 2 rings (SSSR count). The second-order valence-electron chi connectivity index (χ2n) is 5.53. The van der Waals surface area contributed by atoms with Crippen molar-refractivity contribution in [3.63, 3.8) is 0 Å². The lowest BCUT2D eigenvalue weighted by molar-refractivity contribution is 0.257. The number of anilines is 1. The normalized spacial score (nSPS) is 23.7. The number of nitrogens with two attached hydrogens (primary N) is 1. The molecule has 1 aromatic carbocycles. The fourth-order valence-electron chi connectivity index (χ4n) is 2.79. The topological polar surface area (TPSA) is 72.2 Å². The maximum absolute atomic E-state index is 13.7. The van der Waals surface area contributed by atoms with Crippen LogP contribution in [0.2, 0.25) is 0 Å². The molecule has 1 saturated carbocycles. The Morgan fingerprint density at radius 1 is 1.35 bits per heavy atom. The molecule has 3 N–H and O–H groups in total. The van der Waals surface area contributed by atoms with Crippen LogP contribution >= 0.6 is 0 Å². The van der Waals surface area contributed by atoms with E-state index in [1.54, 1.807) is 0 Å². The van der Waals surface area contributed by atoms with Crippen LogP contribution in [0.3, 0.4) is 0 Å². The summed E-state index contributed by atoms with van der Waals surface area (Å²) in [6.45, 7) is 2.48. The van der Waals surface area contributed by atoms with Gasteiger partial charge in [-0.2, -0.15) is 0 Å². The molecule has 2 atom stereocenters. The Morgan fingerprint density at radius 3 is 2.70 bits per heavy atom. The van der Waals surface area contributed by atoms with Gasteiger partial charge in [0.25, 0.3) is 0 Å². The van der Waals surface area contributed by atoms with Gasteiger partial charge in [-0.05, 0) is 30.4 Å². The van der Waals surface area contributed by atoms with Crippen molar-refractivity contribution < 1.29 is 12.8 Å². The summed E-state index contributed by atoms with van der Waals surface area (Å²) in [4.78, 5) is -0.441. The number of halogens is 1. The van der Waals surface area contributed by atoms with Crippen molar-refractivity contribution >= 4 is 15.7 Å². The maximum atomic E-state index is 13.7. The van der Waals surface area contributed by atoms with Crippen molar-refractivity contribution in [3.05, 3.63) is 24.0 Å². The molecule has 1 fully saturated rings. The van der Waals surface area contributed by atoms with Crippen molar-refractivity contribution in [2.24, 2.45) is 11.8 Å². The van der Waals surface area contributed by atoms with Gasteiger partial charge in [0.15, 0.2) is 0 Å². The third-order valence-corrected chi connectivity index (χ3v) is 5.61. The van der Waals surface area contributed by atoms with Gasteiger partial charge in [0.1, 0.15) is 10.7 Å². The summed E-state index contributed by atoms with van der Waals surface area (Å²) >= 11 is 0. The second kappa shape index (κ2) is 6.10. The van der Waals surface area contributed by atoms with Gasteiger partial charge in [0.05, 0.1) is 5.69 Å². The standard InChI is InChI=1S/C14H21FN2O2S/c1-10-5-2-3-6-11(10)9-17-20(18,19)14-12(15)7-4-8-13(14)16/h4,7-8,10-11,17H,2-3,5-6,9,16H2,1H3. The van der Waals surface area contributed by atoms with E-state index in [2.05, 4.69) is 11.6 Å². The van der Waals surface area contributed by atoms with Crippen molar-refractivity contribution in [3.8, 4) is 0 Å². The fourth-order valence-corrected chi connectivity index (χ4v) is 4.08. The van der Waals surface area contributed by atoms with Gasteiger partial charge in [0, 0.05) is 6.54 Å². The molecule has 0 saturated heterocycles. The molecule has 2 unspecified atom stereocenters. The minimum atomic E-state index is -3.89.